The molecule has 0 aliphatic heterocycles. The number of ketones is 1. The molecule has 0 atom stereocenters. The van der Waals surface area contributed by atoms with Gasteiger partial charge in [0, 0.05) is 12.5 Å². The van der Waals surface area contributed by atoms with Crippen molar-refractivity contribution < 1.29 is 14.3 Å². The minimum atomic E-state index is -1.11. The summed E-state index contributed by atoms with van der Waals surface area (Å²) in [4.78, 5) is 20.9. The van der Waals surface area contributed by atoms with E-state index < -0.39 is 16.6 Å². The second-order valence-corrected chi connectivity index (χ2v) is 3.88. The Balaban J connectivity index is 2.92. The lowest BCUT2D eigenvalue weighted by molar-refractivity contribution is -0.131. The lowest BCUT2D eigenvalue weighted by Crippen LogP contribution is -2.09. The first-order valence-electron chi connectivity index (χ1n) is 4.11. The number of hydrogen-bond donors (Lipinski definition) is 0. The van der Waals surface area contributed by atoms with Gasteiger partial charge in [-0.2, -0.15) is 0 Å². The number of halogens is 2. The van der Waals surface area contributed by atoms with E-state index in [1.165, 1.54) is 13.0 Å². The number of ether oxygens (including phenoxy) is 1. The van der Waals surface area contributed by atoms with Crippen molar-refractivity contribution in [2.45, 2.75) is 11.8 Å². The Morgan fingerprint density at radius 3 is 2.53 bits per heavy atom. The van der Waals surface area contributed by atoms with Gasteiger partial charge in [-0.3, -0.25) is 9.59 Å². The van der Waals surface area contributed by atoms with Crippen molar-refractivity contribution in [3.8, 4) is 5.75 Å². The summed E-state index contributed by atoms with van der Waals surface area (Å²) >= 11 is 10.9. The second kappa shape index (κ2) is 5.14. The number of carbonyl (C=O) groups is 2. The van der Waals surface area contributed by atoms with Crippen LogP contribution in [0.25, 0.3) is 0 Å². The van der Waals surface area contributed by atoms with Gasteiger partial charge in [-0.05, 0) is 12.1 Å². The molecule has 0 amide bonds. The third-order valence-electron chi connectivity index (χ3n) is 1.58. The minimum absolute atomic E-state index is 0.294. The summed E-state index contributed by atoms with van der Waals surface area (Å²) in [5.41, 5.74) is 0.309. The second-order valence-electron chi connectivity index (χ2n) is 2.79. The Morgan fingerprint density at radius 1 is 1.33 bits per heavy atom. The van der Waals surface area contributed by atoms with E-state index in [2.05, 4.69) is 0 Å². The average Bonchev–Trinajstić information content (AvgIpc) is 2.16. The van der Waals surface area contributed by atoms with Gasteiger partial charge in [-0.1, -0.05) is 35.3 Å². The highest BCUT2D eigenvalue weighted by molar-refractivity contribution is 6.55. The smallest absolute Gasteiger partial charge is 0.308 e. The quantitative estimate of drug-likeness (QED) is 0.357. The fraction of sp³-hybridized carbons (Fsp3) is 0.200. The first-order valence-corrected chi connectivity index (χ1v) is 4.99. The monoisotopic (exact) mass is 246 g/mol. The SMILES string of the molecule is CC(=O)Oc1cccc(C(=O)C(Cl)Cl)c1. The van der Waals surface area contributed by atoms with Crippen LogP contribution in [0.1, 0.15) is 17.3 Å². The molecule has 80 valence electrons. The van der Waals surface area contributed by atoms with E-state index in [4.69, 9.17) is 27.9 Å². The van der Waals surface area contributed by atoms with Gasteiger partial charge < -0.3 is 4.74 Å². The van der Waals surface area contributed by atoms with Gasteiger partial charge in [0.25, 0.3) is 0 Å². The van der Waals surface area contributed by atoms with Gasteiger partial charge in [0.05, 0.1) is 0 Å². The molecule has 1 aromatic rings. The number of benzene rings is 1. The molecule has 0 aromatic heterocycles. The van der Waals surface area contributed by atoms with E-state index in [1.807, 2.05) is 0 Å². The molecule has 5 heteroatoms. The Hall–Kier alpha value is -1.06. The molecule has 0 aliphatic rings. The zero-order valence-corrected chi connectivity index (χ0v) is 9.38. The third-order valence-corrected chi connectivity index (χ3v) is 1.97. The van der Waals surface area contributed by atoms with Gasteiger partial charge in [-0.15, -0.1) is 0 Å². The summed E-state index contributed by atoms with van der Waals surface area (Å²) in [6, 6.07) is 6.12. The molecule has 0 fully saturated rings. The molecule has 0 saturated carbocycles. The van der Waals surface area contributed by atoms with Crippen LogP contribution < -0.4 is 4.74 Å². The lowest BCUT2D eigenvalue weighted by atomic mass is 10.1. The Kier molecular flexibility index (Phi) is 4.12. The summed E-state index contributed by atoms with van der Waals surface area (Å²) in [6.07, 6.45) is 0. The Bertz CT molecular complexity index is 388. The van der Waals surface area contributed by atoms with Crippen molar-refractivity contribution >= 4 is 35.0 Å². The molecular weight excluding hydrogens is 239 g/mol. The molecule has 0 heterocycles. The molecule has 0 spiro atoms. The van der Waals surface area contributed by atoms with Crippen molar-refractivity contribution in [2.24, 2.45) is 0 Å². The summed E-state index contributed by atoms with van der Waals surface area (Å²) in [5.74, 6) is -0.581. The highest BCUT2D eigenvalue weighted by Crippen LogP contribution is 2.17. The predicted molar refractivity (Wildman–Crippen MR) is 57.6 cm³/mol. The minimum Gasteiger partial charge on any atom is -0.427 e. The van der Waals surface area contributed by atoms with E-state index in [9.17, 15) is 9.59 Å². The van der Waals surface area contributed by atoms with Gasteiger partial charge in [0.15, 0.2) is 10.6 Å². The molecule has 0 aliphatic carbocycles. The van der Waals surface area contributed by atoms with Gasteiger partial charge >= 0.3 is 5.97 Å². The maximum Gasteiger partial charge on any atom is 0.308 e. The zero-order chi connectivity index (χ0) is 11.4. The highest BCUT2D eigenvalue weighted by Gasteiger charge is 2.14. The molecule has 0 N–H and O–H groups in total. The Morgan fingerprint density at radius 2 is 2.00 bits per heavy atom. The van der Waals surface area contributed by atoms with Crippen LogP contribution in [0, 0.1) is 0 Å². The van der Waals surface area contributed by atoms with Crippen molar-refractivity contribution in [2.75, 3.05) is 0 Å². The van der Waals surface area contributed by atoms with Crippen molar-refractivity contribution in [1.29, 1.82) is 0 Å². The van der Waals surface area contributed by atoms with E-state index in [0.717, 1.165) is 0 Å². The highest BCUT2D eigenvalue weighted by atomic mass is 35.5. The summed E-state index contributed by atoms with van der Waals surface area (Å²) in [6.45, 7) is 1.28. The van der Waals surface area contributed by atoms with Crippen LogP contribution in [0.4, 0.5) is 0 Å². The van der Waals surface area contributed by atoms with Gasteiger partial charge in [0.1, 0.15) is 5.75 Å². The maximum atomic E-state index is 11.4. The van der Waals surface area contributed by atoms with E-state index in [-0.39, 0.29) is 0 Å². The lowest BCUT2D eigenvalue weighted by Gasteiger charge is -2.04. The third kappa shape index (κ3) is 3.53. The first kappa shape index (κ1) is 12.0. The van der Waals surface area contributed by atoms with Crippen LogP contribution in [0.3, 0.4) is 0 Å². The summed E-state index contributed by atoms with van der Waals surface area (Å²) < 4.78 is 4.81. The first-order chi connectivity index (χ1) is 7.00. The van der Waals surface area contributed by atoms with Crippen LogP contribution in [-0.2, 0) is 4.79 Å². The summed E-state index contributed by atoms with van der Waals surface area (Å²) in [5, 5.41) is 0. The van der Waals surface area contributed by atoms with Crippen molar-refractivity contribution in [1.82, 2.24) is 0 Å². The topological polar surface area (TPSA) is 43.4 Å². The number of carbonyl (C=O) groups excluding carboxylic acids is 2. The number of esters is 1. The number of alkyl halides is 2. The molecule has 0 unspecified atom stereocenters. The molecule has 0 saturated heterocycles. The van der Waals surface area contributed by atoms with Gasteiger partial charge in [-0.25, -0.2) is 0 Å². The standard InChI is InChI=1S/C10H8Cl2O3/c1-6(13)15-8-4-2-3-7(5-8)9(14)10(11)12/h2-5,10H,1H3. The van der Waals surface area contributed by atoms with Crippen LogP contribution in [0.2, 0.25) is 0 Å². The number of rotatable bonds is 3. The summed E-state index contributed by atoms with van der Waals surface area (Å²) in [7, 11) is 0. The Labute approximate surface area is 96.9 Å². The van der Waals surface area contributed by atoms with Crippen molar-refractivity contribution in [3.63, 3.8) is 0 Å². The molecule has 1 rings (SSSR count). The number of hydrogen-bond acceptors (Lipinski definition) is 3. The molecule has 15 heavy (non-hydrogen) atoms. The molecule has 0 radical (unpaired) electrons. The van der Waals surface area contributed by atoms with Crippen LogP contribution in [0.15, 0.2) is 24.3 Å². The fourth-order valence-electron chi connectivity index (χ4n) is 1.00. The molecule has 3 nitrogen and oxygen atoms in total. The van der Waals surface area contributed by atoms with Crippen molar-refractivity contribution in [3.05, 3.63) is 29.8 Å². The van der Waals surface area contributed by atoms with E-state index in [1.54, 1.807) is 18.2 Å². The fourth-order valence-corrected chi connectivity index (χ4v) is 1.26. The van der Waals surface area contributed by atoms with E-state index >= 15 is 0 Å². The predicted octanol–water partition coefficient (Wildman–Crippen LogP) is 2.60. The van der Waals surface area contributed by atoms with Crippen LogP contribution >= 0.6 is 23.2 Å². The van der Waals surface area contributed by atoms with Gasteiger partial charge in [0.2, 0.25) is 0 Å². The van der Waals surface area contributed by atoms with Crippen LogP contribution in [0.5, 0.6) is 5.75 Å². The largest absolute Gasteiger partial charge is 0.427 e. The normalized spacial score (nSPS) is 10.1. The molecular formula is C10H8Cl2O3. The molecule has 1 aromatic carbocycles. The molecule has 0 bridgehead atoms. The average molecular weight is 247 g/mol. The zero-order valence-electron chi connectivity index (χ0n) is 7.87. The van der Waals surface area contributed by atoms with E-state index in [0.29, 0.717) is 11.3 Å². The number of Topliss-reactive ketones (excluding diaryl/α,β-unsaturated/α-hetero) is 1. The van der Waals surface area contributed by atoms with Crippen LogP contribution in [-0.4, -0.2) is 16.6 Å². The maximum absolute atomic E-state index is 11.4.